The molecule has 0 spiro atoms. The molecular formula is C13H29N. The number of hydrogen-bond donors (Lipinski definition) is 0. The Kier molecular flexibility index (Phi) is 5.14. The van der Waals surface area contributed by atoms with E-state index in [4.69, 9.17) is 0 Å². The van der Waals surface area contributed by atoms with Crippen molar-refractivity contribution in [2.24, 2.45) is 10.8 Å². The van der Waals surface area contributed by atoms with Crippen molar-refractivity contribution in [1.82, 2.24) is 4.90 Å². The minimum absolute atomic E-state index is 0.433. The van der Waals surface area contributed by atoms with Gasteiger partial charge in [-0.1, -0.05) is 41.5 Å². The van der Waals surface area contributed by atoms with Crippen LogP contribution in [0.2, 0.25) is 0 Å². The Morgan fingerprint density at radius 1 is 1.00 bits per heavy atom. The van der Waals surface area contributed by atoms with Crippen LogP contribution in [-0.2, 0) is 0 Å². The predicted octanol–water partition coefficient (Wildman–Crippen LogP) is 3.79. The molecule has 0 fully saturated rings. The summed E-state index contributed by atoms with van der Waals surface area (Å²) in [7, 11) is 2.23. The van der Waals surface area contributed by atoms with E-state index in [1.807, 2.05) is 0 Å². The van der Waals surface area contributed by atoms with Gasteiger partial charge >= 0.3 is 0 Å². The minimum Gasteiger partial charge on any atom is -0.306 e. The third-order valence-electron chi connectivity index (χ3n) is 2.31. The van der Waals surface area contributed by atoms with E-state index in [0.29, 0.717) is 10.8 Å². The van der Waals surface area contributed by atoms with Crippen LogP contribution < -0.4 is 0 Å². The highest BCUT2D eigenvalue weighted by molar-refractivity contribution is 4.78. The van der Waals surface area contributed by atoms with Gasteiger partial charge in [-0.2, -0.15) is 0 Å². The first kappa shape index (κ1) is 14.0. The van der Waals surface area contributed by atoms with E-state index >= 15 is 0 Å². The molecule has 0 atom stereocenters. The van der Waals surface area contributed by atoms with Crippen molar-refractivity contribution < 1.29 is 0 Å². The van der Waals surface area contributed by atoms with Crippen molar-refractivity contribution >= 4 is 0 Å². The van der Waals surface area contributed by atoms with Crippen molar-refractivity contribution in [3.8, 4) is 0 Å². The van der Waals surface area contributed by atoms with Crippen LogP contribution >= 0.6 is 0 Å². The molecule has 0 amide bonds. The van der Waals surface area contributed by atoms with Crippen LogP contribution in [0.1, 0.15) is 54.4 Å². The van der Waals surface area contributed by atoms with Crippen molar-refractivity contribution in [3.05, 3.63) is 0 Å². The number of nitrogens with zero attached hydrogens (tertiary/aromatic N) is 1. The van der Waals surface area contributed by atoms with E-state index in [9.17, 15) is 0 Å². The van der Waals surface area contributed by atoms with Gasteiger partial charge in [0.15, 0.2) is 0 Å². The van der Waals surface area contributed by atoms with Gasteiger partial charge in [-0.05, 0) is 37.3 Å². The maximum Gasteiger partial charge on any atom is 0.00298 e. The Hall–Kier alpha value is -0.0400. The minimum atomic E-state index is 0.433. The summed E-state index contributed by atoms with van der Waals surface area (Å²) in [6.07, 6.45) is 2.54. The largest absolute Gasteiger partial charge is 0.306 e. The van der Waals surface area contributed by atoms with Crippen LogP contribution in [0, 0.1) is 10.8 Å². The molecule has 0 aliphatic rings. The summed E-state index contributed by atoms with van der Waals surface area (Å²) in [6, 6.07) is 0. The van der Waals surface area contributed by atoms with Crippen molar-refractivity contribution in [2.45, 2.75) is 54.4 Å². The van der Waals surface area contributed by atoms with Gasteiger partial charge < -0.3 is 4.90 Å². The SMILES string of the molecule is CCCN(C)CC(C)(C)CC(C)(C)C. The number of hydrogen-bond acceptors (Lipinski definition) is 1. The molecule has 1 heteroatoms. The van der Waals surface area contributed by atoms with Crippen LogP contribution in [-0.4, -0.2) is 25.0 Å². The van der Waals surface area contributed by atoms with E-state index in [1.54, 1.807) is 0 Å². The zero-order chi connectivity index (χ0) is 11.4. The quantitative estimate of drug-likeness (QED) is 0.651. The molecule has 0 aromatic rings. The van der Waals surface area contributed by atoms with Crippen molar-refractivity contribution in [3.63, 3.8) is 0 Å². The Labute approximate surface area is 90.9 Å². The fraction of sp³-hybridized carbons (Fsp3) is 1.00. The third-order valence-corrected chi connectivity index (χ3v) is 2.31. The molecule has 0 saturated carbocycles. The highest BCUT2D eigenvalue weighted by atomic mass is 15.1. The summed E-state index contributed by atoms with van der Waals surface area (Å²) >= 11 is 0. The fourth-order valence-electron chi connectivity index (χ4n) is 2.68. The second kappa shape index (κ2) is 5.16. The van der Waals surface area contributed by atoms with Crippen LogP contribution in [0.25, 0.3) is 0 Å². The average molecular weight is 199 g/mol. The van der Waals surface area contributed by atoms with E-state index in [2.05, 4.69) is 53.5 Å². The van der Waals surface area contributed by atoms with Crippen molar-refractivity contribution in [1.29, 1.82) is 0 Å². The molecule has 0 aliphatic heterocycles. The zero-order valence-electron chi connectivity index (χ0n) is 11.3. The molecule has 0 bridgehead atoms. The molecule has 0 aromatic carbocycles. The Bertz CT molecular complexity index is 153. The lowest BCUT2D eigenvalue weighted by Crippen LogP contribution is -2.34. The monoisotopic (exact) mass is 199 g/mol. The summed E-state index contributed by atoms with van der Waals surface area (Å²) in [4.78, 5) is 2.45. The molecule has 0 radical (unpaired) electrons. The molecule has 0 heterocycles. The average Bonchev–Trinajstić information content (AvgIpc) is 1.78. The van der Waals surface area contributed by atoms with Crippen LogP contribution in [0.5, 0.6) is 0 Å². The second-order valence-electron chi connectivity index (χ2n) is 6.64. The first-order valence-corrected chi connectivity index (χ1v) is 5.85. The molecule has 14 heavy (non-hydrogen) atoms. The summed E-state index contributed by atoms with van der Waals surface area (Å²) in [5.41, 5.74) is 0.874. The van der Waals surface area contributed by atoms with Crippen LogP contribution in [0.3, 0.4) is 0 Å². The molecule has 1 nitrogen and oxygen atoms in total. The fourth-order valence-corrected chi connectivity index (χ4v) is 2.68. The van der Waals surface area contributed by atoms with E-state index in [-0.39, 0.29) is 0 Å². The summed E-state index contributed by atoms with van der Waals surface area (Å²) in [5.74, 6) is 0. The van der Waals surface area contributed by atoms with E-state index in [1.165, 1.54) is 25.9 Å². The van der Waals surface area contributed by atoms with Crippen LogP contribution in [0.4, 0.5) is 0 Å². The highest BCUT2D eigenvalue weighted by Crippen LogP contribution is 2.33. The molecular weight excluding hydrogens is 170 g/mol. The highest BCUT2D eigenvalue weighted by Gasteiger charge is 2.26. The Morgan fingerprint density at radius 3 is 1.86 bits per heavy atom. The molecule has 0 unspecified atom stereocenters. The number of rotatable bonds is 5. The molecule has 86 valence electrons. The van der Waals surface area contributed by atoms with Gasteiger partial charge in [0.1, 0.15) is 0 Å². The molecule has 0 N–H and O–H groups in total. The molecule has 0 saturated heterocycles. The third kappa shape index (κ3) is 7.37. The maximum absolute atomic E-state index is 2.45. The summed E-state index contributed by atoms with van der Waals surface area (Å²) in [6.45, 7) is 16.4. The first-order chi connectivity index (χ1) is 6.16. The summed E-state index contributed by atoms with van der Waals surface area (Å²) < 4.78 is 0. The van der Waals surface area contributed by atoms with Crippen molar-refractivity contribution in [2.75, 3.05) is 20.1 Å². The molecule has 0 rings (SSSR count). The predicted molar refractivity (Wildman–Crippen MR) is 65.6 cm³/mol. The van der Waals surface area contributed by atoms with Gasteiger partial charge in [0.2, 0.25) is 0 Å². The van der Waals surface area contributed by atoms with Gasteiger partial charge in [-0.15, -0.1) is 0 Å². The standard InChI is InChI=1S/C13H29N/c1-8-9-14(7)11-13(5,6)10-12(2,3)4/h8-11H2,1-7H3. The van der Waals surface area contributed by atoms with E-state index in [0.717, 1.165) is 0 Å². The van der Waals surface area contributed by atoms with E-state index < -0.39 is 0 Å². The lowest BCUT2D eigenvalue weighted by molar-refractivity contribution is 0.147. The topological polar surface area (TPSA) is 3.24 Å². The second-order valence-corrected chi connectivity index (χ2v) is 6.64. The summed E-state index contributed by atoms with van der Waals surface area (Å²) in [5, 5.41) is 0. The normalized spacial score (nSPS) is 13.7. The van der Waals surface area contributed by atoms with Gasteiger partial charge in [-0.3, -0.25) is 0 Å². The maximum atomic E-state index is 2.45. The first-order valence-electron chi connectivity index (χ1n) is 5.85. The lowest BCUT2D eigenvalue weighted by atomic mass is 9.76. The van der Waals surface area contributed by atoms with Gasteiger partial charge in [0.05, 0.1) is 0 Å². The van der Waals surface area contributed by atoms with Crippen LogP contribution in [0.15, 0.2) is 0 Å². The van der Waals surface area contributed by atoms with Gasteiger partial charge in [0, 0.05) is 6.54 Å². The van der Waals surface area contributed by atoms with Gasteiger partial charge in [0.25, 0.3) is 0 Å². The smallest absolute Gasteiger partial charge is 0.00298 e. The molecule has 0 aliphatic carbocycles. The zero-order valence-corrected chi connectivity index (χ0v) is 11.3. The lowest BCUT2D eigenvalue weighted by Gasteiger charge is -2.35. The Balaban J connectivity index is 4.06. The Morgan fingerprint density at radius 2 is 1.50 bits per heavy atom. The van der Waals surface area contributed by atoms with Gasteiger partial charge in [-0.25, -0.2) is 0 Å². The molecule has 0 aromatic heterocycles.